The molecule has 2 atom stereocenters. The molecule has 2 aromatic carbocycles. The molecule has 0 saturated heterocycles. The minimum Gasteiger partial charge on any atom is -0.294 e. The van der Waals surface area contributed by atoms with Crippen LogP contribution in [-0.2, 0) is 0 Å². The number of carbonyl (C=O) groups excluding carboxylic acids is 1. The minimum atomic E-state index is 0.183. The molecule has 0 radical (unpaired) electrons. The van der Waals surface area contributed by atoms with Crippen LogP contribution in [0.25, 0.3) is 6.08 Å². The predicted molar refractivity (Wildman–Crippen MR) is 77.8 cm³/mol. The zero-order chi connectivity index (χ0) is 13.1. The van der Waals surface area contributed by atoms with E-state index in [0.717, 1.165) is 12.0 Å². The molecule has 0 spiro atoms. The van der Waals surface area contributed by atoms with Crippen LogP contribution < -0.4 is 0 Å². The third kappa shape index (κ3) is 2.82. The maximum absolute atomic E-state index is 12.2. The molecule has 1 aliphatic rings. The van der Waals surface area contributed by atoms with E-state index in [1.165, 1.54) is 5.56 Å². The summed E-state index contributed by atoms with van der Waals surface area (Å²) in [6, 6.07) is 19.8. The third-order valence-corrected chi connectivity index (χ3v) is 3.57. The van der Waals surface area contributed by atoms with Crippen molar-refractivity contribution in [2.45, 2.75) is 6.42 Å². The largest absolute Gasteiger partial charge is 0.294 e. The molecule has 0 bridgehead atoms. The second-order valence-corrected chi connectivity index (χ2v) is 5.01. The highest BCUT2D eigenvalue weighted by molar-refractivity contribution is 5.99. The molecule has 1 nitrogen and oxygen atoms in total. The molecule has 94 valence electrons. The number of rotatable bonds is 4. The van der Waals surface area contributed by atoms with Gasteiger partial charge >= 0.3 is 0 Å². The van der Waals surface area contributed by atoms with E-state index in [-0.39, 0.29) is 11.7 Å². The maximum atomic E-state index is 12.2. The van der Waals surface area contributed by atoms with Gasteiger partial charge in [-0.25, -0.2) is 0 Å². The van der Waals surface area contributed by atoms with Gasteiger partial charge < -0.3 is 0 Å². The average Bonchev–Trinajstić information content (AvgIpc) is 3.26. The van der Waals surface area contributed by atoms with Crippen LogP contribution in [-0.4, -0.2) is 5.78 Å². The Bertz CT molecular complexity index is 584. The van der Waals surface area contributed by atoms with E-state index in [9.17, 15) is 4.79 Å². The molecule has 0 N–H and O–H groups in total. The highest BCUT2D eigenvalue weighted by Gasteiger charge is 2.40. The number of hydrogen-bond acceptors (Lipinski definition) is 1. The van der Waals surface area contributed by atoms with Crippen molar-refractivity contribution in [1.82, 2.24) is 0 Å². The molecule has 1 heteroatoms. The van der Waals surface area contributed by atoms with Crippen LogP contribution in [0.3, 0.4) is 0 Å². The van der Waals surface area contributed by atoms with Crippen molar-refractivity contribution in [3.05, 3.63) is 77.9 Å². The van der Waals surface area contributed by atoms with Crippen molar-refractivity contribution in [2.24, 2.45) is 11.8 Å². The number of carbonyl (C=O) groups is 1. The molecule has 0 heterocycles. The van der Waals surface area contributed by atoms with Crippen molar-refractivity contribution in [1.29, 1.82) is 0 Å². The summed E-state index contributed by atoms with van der Waals surface area (Å²) in [6.45, 7) is 0. The van der Waals surface area contributed by atoms with Gasteiger partial charge in [0.2, 0.25) is 0 Å². The lowest BCUT2D eigenvalue weighted by atomic mass is 10.1. The van der Waals surface area contributed by atoms with E-state index in [0.29, 0.717) is 5.92 Å². The fourth-order valence-electron chi connectivity index (χ4n) is 2.34. The monoisotopic (exact) mass is 248 g/mol. The normalized spacial score (nSPS) is 21.5. The SMILES string of the molecule is O=C(c1ccccc1)C1CC1/C=C/c1ccccc1. The number of benzene rings is 2. The van der Waals surface area contributed by atoms with Gasteiger partial charge in [0.25, 0.3) is 0 Å². The molecule has 2 aromatic rings. The molecule has 0 aromatic heterocycles. The van der Waals surface area contributed by atoms with Gasteiger partial charge in [-0.3, -0.25) is 4.79 Å². The van der Waals surface area contributed by atoms with E-state index in [4.69, 9.17) is 0 Å². The second kappa shape index (κ2) is 5.23. The maximum Gasteiger partial charge on any atom is 0.166 e. The zero-order valence-electron chi connectivity index (χ0n) is 10.7. The first kappa shape index (κ1) is 11.9. The summed E-state index contributed by atoms with van der Waals surface area (Å²) in [5.74, 6) is 0.874. The Morgan fingerprint density at radius 3 is 2.26 bits per heavy atom. The Balaban J connectivity index is 1.63. The molecular formula is C18H16O. The first-order valence-electron chi connectivity index (χ1n) is 6.67. The summed E-state index contributed by atoms with van der Waals surface area (Å²) in [6.07, 6.45) is 5.26. The van der Waals surface area contributed by atoms with Crippen LogP contribution in [0.1, 0.15) is 22.3 Å². The predicted octanol–water partition coefficient (Wildman–Crippen LogP) is 4.22. The lowest BCUT2D eigenvalue weighted by Gasteiger charge is -1.97. The Morgan fingerprint density at radius 2 is 1.58 bits per heavy atom. The Kier molecular flexibility index (Phi) is 3.28. The summed E-state index contributed by atoms with van der Waals surface area (Å²) in [5.41, 5.74) is 2.03. The van der Waals surface area contributed by atoms with Gasteiger partial charge in [-0.15, -0.1) is 0 Å². The lowest BCUT2D eigenvalue weighted by molar-refractivity contribution is 0.0964. The number of Topliss-reactive ketones (excluding diaryl/α,β-unsaturated/α-hetero) is 1. The first-order valence-corrected chi connectivity index (χ1v) is 6.67. The van der Waals surface area contributed by atoms with Crippen molar-refractivity contribution >= 4 is 11.9 Å². The number of allylic oxidation sites excluding steroid dienone is 1. The van der Waals surface area contributed by atoms with Gasteiger partial charge in [-0.1, -0.05) is 72.8 Å². The third-order valence-electron chi connectivity index (χ3n) is 3.57. The fourth-order valence-corrected chi connectivity index (χ4v) is 2.34. The van der Waals surface area contributed by atoms with Gasteiger partial charge in [0.15, 0.2) is 5.78 Å². The first-order chi connectivity index (χ1) is 9.34. The average molecular weight is 248 g/mol. The highest BCUT2D eigenvalue weighted by atomic mass is 16.1. The molecule has 0 amide bonds. The van der Waals surface area contributed by atoms with Crippen LogP contribution in [0.5, 0.6) is 0 Å². The lowest BCUT2D eigenvalue weighted by Crippen LogP contribution is -2.02. The van der Waals surface area contributed by atoms with Gasteiger partial charge in [-0.2, -0.15) is 0 Å². The summed E-state index contributed by atoms with van der Waals surface area (Å²) < 4.78 is 0. The molecule has 19 heavy (non-hydrogen) atoms. The molecule has 3 rings (SSSR count). The summed E-state index contributed by atoms with van der Waals surface area (Å²) in [7, 11) is 0. The van der Waals surface area contributed by atoms with Gasteiger partial charge in [0, 0.05) is 11.5 Å². The molecule has 1 saturated carbocycles. The molecule has 2 unspecified atom stereocenters. The van der Waals surface area contributed by atoms with Gasteiger partial charge in [0.1, 0.15) is 0 Å². The van der Waals surface area contributed by atoms with E-state index in [2.05, 4.69) is 24.3 Å². The highest BCUT2D eigenvalue weighted by Crippen LogP contribution is 2.42. The smallest absolute Gasteiger partial charge is 0.166 e. The quantitative estimate of drug-likeness (QED) is 0.740. The Morgan fingerprint density at radius 1 is 0.947 bits per heavy atom. The molecule has 0 aliphatic heterocycles. The molecular weight excluding hydrogens is 232 g/mol. The summed E-state index contributed by atoms with van der Waals surface area (Å²) in [4.78, 5) is 12.2. The van der Waals surface area contributed by atoms with Crippen LogP contribution in [0.15, 0.2) is 66.7 Å². The minimum absolute atomic E-state index is 0.183. The van der Waals surface area contributed by atoms with Crippen molar-refractivity contribution < 1.29 is 4.79 Å². The van der Waals surface area contributed by atoms with E-state index in [1.54, 1.807) is 0 Å². The molecule has 1 aliphatic carbocycles. The second-order valence-electron chi connectivity index (χ2n) is 5.01. The standard InChI is InChI=1S/C18H16O/c19-18(15-9-5-2-6-10-15)17-13-16(17)12-11-14-7-3-1-4-8-14/h1-12,16-17H,13H2/b12-11+. The van der Waals surface area contributed by atoms with Gasteiger partial charge in [0.05, 0.1) is 0 Å². The number of ketones is 1. The van der Waals surface area contributed by atoms with E-state index in [1.807, 2.05) is 48.5 Å². The number of hydrogen-bond donors (Lipinski definition) is 0. The molecule has 1 fully saturated rings. The van der Waals surface area contributed by atoms with E-state index < -0.39 is 0 Å². The zero-order valence-corrected chi connectivity index (χ0v) is 10.7. The van der Waals surface area contributed by atoms with Crippen LogP contribution >= 0.6 is 0 Å². The van der Waals surface area contributed by atoms with Gasteiger partial charge in [-0.05, 0) is 17.9 Å². The summed E-state index contributed by atoms with van der Waals surface area (Å²) >= 11 is 0. The summed E-state index contributed by atoms with van der Waals surface area (Å²) in [5, 5.41) is 0. The van der Waals surface area contributed by atoms with E-state index >= 15 is 0 Å². The van der Waals surface area contributed by atoms with Crippen LogP contribution in [0.2, 0.25) is 0 Å². The Hall–Kier alpha value is -2.15. The van der Waals surface area contributed by atoms with Crippen LogP contribution in [0.4, 0.5) is 0 Å². The van der Waals surface area contributed by atoms with Crippen LogP contribution in [0, 0.1) is 11.8 Å². The topological polar surface area (TPSA) is 17.1 Å². The Labute approximate surface area is 113 Å². The van der Waals surface area contributed by atoms with Crippen molar-refractivity contribution in [3.63, 3.8) is 0 Å². The fraction of sp³-hybridized carbons (Fsp3) is 0.167. The van der Waals surface area contributed by atoms with Crippen molar-refractivity contribution in [2.75, 3.05) is 0 Å². The van der Waals surface area contributed by atoms with Crippen molar-refractivity contribution in [3.8, 4) is 0 Å².